The molecule has 46 heavy (non-hydrogen) atoms. The van der Waals surface area contributed by atoms with E-state index in [0.29, 0.717) is 17.0 Å². The molecule has 4 N–H and O–H groups in total. The van der Waals surface area contributed by atoms with Gasteiger partial charge in [-0.25, -0.2) is 0 Å². The number of carbonyl (C=O) groups excluding carboxylic acids is 5. The number of ketones is 1. The van der Waals surface area contributed by atoms with Crippen LogP contribution in [0.5, 0.6) is 0 Å². The van der Waals surface area contributed by atoms with Crippen LogP contribution in [0.25, 0.3) is 0 Å². The zero-order valence-electron chi connectivity index (χ0n) is 26.8. The summed E-state index contributed by atoms with van der Waals surface area (Å²) in [5.41, 5.74) is 1.53. The topological polar surface area (TPSA) is 133 Å². The first-order chi connectivity index (χ1) is 21.9. The molecule has 0 radical (unpaired) electrons. The number of amides is 4. The minimum absolute atomic E-state index is 0.0485. The van der Waals surface area contributed by atoms with Gasteiger partial charge in [-0.1, -0.05) is 74.3 Å². The van der Waals surface area contributed by atoms with Crippen LogP contribution in [0.2, 0.25) is 5.02 Å². The highest BCUT2D eigenvalue weighted by Crippen LogP contribution is 2.14. The van der Waals surface area contributed by atoms with Gasteiger partial charge in [0, 0.05) is 36.1 Å². The highest BCUT2D eigenvalue weighted by molar-refractivity contribution is 7.81. The van der Waals surface area contributed by atoms with E-state index in [1.54, 1.807) is 45.0 Å². The second kappa shape index (κ2) is 21.0. The van der Waals surface area contributed by atoms with Crippen molar-refractivity contribution in [1.29, 1.82) is 0 Å². The van der Waals surface area contributed by atoms with Crippen LogP contribution in [-0.2, 0) is 36.8 Å². The van der Waals surface area contributed by atoms with Gasteiger partial charge in [-0.3, -0.25) is 24.0 Å². The van der Waals surface area contributed by atoms with Crippen molar-refractivity contribution in [3.8, 4) is 0 Å². The van der Waals surface area contributed by atoms with Crippen LogP contribution in [-0.4, -0.2) is 65.1 Å². The monoisotopic (exact) mass is 690 g/mol. The molecular formula is C34H47ClN4O5S2. The molecular weight excluding hydrogens is 644 g/mol. The molecule has 12 heteroatoms. The lowest BCUT2D eigenvalue weighted by atomic mass is 9.98. The van der Waals surface area contributed by atoms with Crippen LogP contribution in [0.3, 0.4) is 0 Å². The van der Waals surface area contributed by atoms with Crippen molar-refractivity contribution >= 4 is 66.3 Å². The van der Waals surface area contributed by atoms with Crippen LogP contribution >= 0.6 is 36.9 Å². The average molecular weight is 691 g/mol. The predicted octanol–water partition coefficient (Wildman–Crippen LogP) is 4.12. The van der Waals surface area contributed by atoms with Crippen LogP contribution in [0.1, 0.15) is 64.0 Å². The van der Waals surface area contributed by atoms with Crippen LogP contribution < -0.4 is 21.3 Å². The maximum atomic E-state index is 13.7. The second-order valence-electron chi connectivity index (χ2n) is 11.6. The Kier molecular flexibility index (Phi) is 17.9. The fraction of sp³-hybridized carbons (Fsp3) is 0.500. The van der Waals surface area contributed by atoms with Crippen molar-refractivity contribution in [2.75, 3.05) is 12.3 Å². The minimum atomic E-state index is -1.18. The normalized spacial score (nSPS) is 13.6. The first-order valence-corrected chi connectivity index (χ1v) is 17.3. The second-order valence-corrected chi connectivity index (χ2v) is 13.2. The standard InChI is InChI=1S/C34H47ClN4O5S2/c1-4-36-34(44)31(41)27(20-24-14-16-25(35)17-15-24)38-33(43)30(22(2)3)39-32(42)28(21-23-10-6-5-7-11-23)37-29(40)13-9-8-12-26(46)18-19-45/h5-7,10-11,14-17,22,26-28,30,45-46H,4,8-9,12-13,18-21H2,1-3H3,(H,36,44)(H,37,40)(H,38,43)(H,39,42)/t26?,27?,28?,30-/m0/s1. The van der Waals surface area contributed by atoms with E-state index in [-0.39, 0.29) is 42.9 Å². The number of unbranched alkanes of at least 4 members (excludes halogenated alkanes) is 1. The molecule has 2 aromatic rings. The van der Waals surface area contributed by atoms with E-state index < -0.39 is 41.6 Å². The third kappa shape index (κ3) is 14.2. The zero-order valence-corrected chi connectivity index (χ0v) is 29.3. The molecule has 0 heterocycles. The number of rotatable bonds is 20. The molecule has 0 spiro atoms. The molecule has 0 bridgehead atoms. The van der Waals surface area contributed by atoms with E-state index in [4.69, 9.17) is 11.6 Å². The maximum Gasteiger partial charge on any atom is 0.289 e. The number of carbonyl (C=O) groups is 5. The Morgan fingerprint density at radius 2 is 1.41 bits per heavy atom. The van der Waals surface area contributed by atoms with Gasteiger partial charge in [-0.15, -0.1) is 0 Å². The first-order valence-electron chi connectivity index (χ1n) is 15.7. The molecule has 0 aliphatic heterocycles. The number of hydrogen-bond donors (Lipinski definition) is 6. The van der Waals surface area contributed by atoms with Gasteiger partial charge in [0.05, 0.1) is 0 Å². The van der Waals surface area contributed by atoms with Crippen molar-refractivity contribution in [3.05, 3.63) is 70.7 Å². The highest BCUT2D eigenvalue weighted by atomic mass is 35.5. The number of hydrogen-bond acceptors (Lipinski definition) is 7. The van der Waals surface area contributed by atoms with Crippen LogP contribution in [0.15, 0.2) is 54.6 Å². The smallest absolute Gasteiger partial charge is 0.289 e. The van der Waals surface area contributed by atoms with Gasteiger partial charge in [-0.05, 0) is 61.1 Å². The summed E-state index contributed by atoms with van der Waals surface area (Å²) < 4.78 is 0. The number of nitrogens with one attached hydrogen (secondary N) is 4. The molecule has 0 fully saturated rings. The summed E-state index contributed by atoms with van der Waals surface area (Å²) in [5.74, 6) is -2.64. The number of thiol groups is 2. The van der Waals surface area contributed by atoms with Crippen molar-refractivity contribution in [2.24, 2.45) is 5.92 Å². The van der Waals surface area contributed by atoms with Gasteiger partial charge < -0.3 is 21.3 Å². The van der Waals surface area contributed by atoms with E-state index in [9.17, 15) is 24.0 Å². The summed E-state index contributed by atoms with van der Waals surface area (Å²) in [6, 6.07) is 12.9. The fourth-order valence-corrected chi connectivity index (χ4v) is 5.76. The van der Waals surface area contributed by atoms with Gasteiger partial charge in [0.2, 0.25) is 23.5 Å². The van der Waals surface area contributed by atoms with Gasteiger partial charge >= 0.3 is 0 Å². The van der Waals surface area contributed by atoms with Crippen LogP contribution in [0.4, 0.5) is 0 Å². The minimum Gasteiger partial charge on any atom is -0.350 e. The zero-order chi connectivity index (χ0) is 34.1. The lowest BCUT2D eigenvalue weighted by molar-refractivity contribution is -0.140. The molecule has 0 aliphatic rings. The maximum absolute atomic E-state index is 13.7. The lowest BCUT2D eigenvalue weighted by Gasteiger charge is -2.27. The Morgan fingerprint density at radius 3 is 2.02 bits per heavy atom. The number of halogens is 1. The van der Waals surface area contributed by atoms with Gasteiger partial charge in [0.1, 0.15) is 18.1 Å². The van der Waals surface area contributed by atoms with Crippen molar-refractivity contribution in [1.82, 2.24) is 21.3 Å². The average Bonchev–Trinajstić information content (AvgIpc) is 3.02. The summed E-state index contributed by atoms with van der Waals surface area (Å²) in [6.45, 7) is 5.46. The molecule has 252 valence electrons. The van der Waals surface area contributed by atoms with Gasteiger partial charge in [0.25, 0.3) is 5.91 Å². The van der Waals surface area contributed by atoms with Gasteiger partial charge in [0.15, 0.2) is 0 Å². The molecule has 2 aromatic carbocycles. The number of Topliss-reactive ketones (excluding diaryl/α,β-unsaturated/α-hetero) is 1. The fourth-order valence-electron chi connectivity index (χ4n) is 4.81. The molecule has 4 amide bonds. The van der Waals surface area contributed by atoms with Crippen LogP contribution in [0, 0.1) is 5.92 Å². The highest BCUT2D eigenvalue weighted by Gasteiger charge is 2.33. The third-order valence-corrected chi connectivity index (χ3v) is 8.41. The van der Waals surface area contributed by atoms with E-state index in [2.05, 4.69) is 46.5 Å². The van der Waals surface area contributed by atoms with Crippen molar-refractivity contribution in [2.45, 2.75) is 89.1 Å². The van der Waals surface area contributed by atoms with E-state index >= 15 is 0 Å². The molecule has 9 nitrogen and oxygen atoms in total. The summed E-state index contributed by atoms with van der Waals surface area (Å²) in [7, 11) is 0. The predicted molar refractivity (Wildman–Crippen MR) is 189 cm³/mol. The molecule has 0 aromatic heterocycles. The Bertz CT molecular complexity index is 1280. The van der Waals surface area contributed by atoms with E-state index in [1.165, 1.54) is 0 Å². The molecule has 3 unspecified atom stereocenters. The molecule has 0 aliphatic carbocycles. The number of likely N-dealkylation sites (N-methyl/N-ethyl adjacent to an activating group) is 1. The summed E-state index contributed by atoms with van der Waals surface area (Å²) in [5, 5.41) is 11.6. The molecule has 0 saturated carbocycles. The lowest BCUT2D eigenvalue weighted by Crippen LogP contribution is -2.59. The molecule has 4 atom stereocenters. The van der Waals surface area contributed by atoms with E-state index in [1.807, 2.05) is 30.3 Å². The molecule has 0 saturated heterocycles. The number of benzene rings is 2. The summed E-state index contributed by atoms with van der Waals surface area (Å²) >= 11 is 14.8. The Balaban J connectivity index is 2.18. The Hall–Kier alpha value is -3.02. The quantitative estimate of drug-likeness (QED) is 0.0707. The largest absolute Gasteiger partial charge is 0.350 e. The Labute approximate surface area is 288 Å². The first kappa shape index (κ1) is 39.2. The van der Waals surface area contributed by atoms with Gasteiger partial charge in [-0.2, -0.15) is 25.3 Å². The Morgan fingerprint density at radius 1 is 0.783 bits per heavy atom. The molecule has 2 rings (SSSR count). The van der Waals surface area contributed by atoms with Crippen molar-refractivity contribution in [3.63, 3.8) is 0 Å². The SMILES string of the molecule is CCNC(=O)C(=O)C(Cc1ccc(Cl)cc1)NC(=O)[C@@H](NC(=O)C(Cc1ccccc1)NC(=O)CCCCC(S)CCS)C(C)C. The van der Waals surface area contributed by atoms with Crippen molar-refractivity contribution < 1.29 is 24.0 Å². The third-order valence-electron chi connectivity index (χ3n) is 7.38. The van der Waals surface area contributed by atoms with E-state index in [0.717, 1.165) is 30.6 Å². The summed E-state index contributed by atoms with van der Waals surface area (Å²) in [6.07, 6.45) is 3.77. The summed E-state index contributed by atoms with van der Waals surface area (Å²) in [4.78, 5) is 65.7.